The van der Waals surface area contributed by atoms with Crippen molar-refractivity contribution in [3.63, 3.8) is 0 Å². The van der Waals surface area contributed by atoms with Gasteiger partial charge in [0.2, 0.25) is 0 Å². The molecule has 10 heteroatoms. The van der Waals surface area contributed by atoms with E-state index in [0.29, 0.717) is 34.6 Å². The van der Waals surface area contributed by atoms with Crippen molar-refractivity contribution in [1.82, 2.24) is 9.88 Å². The number of rotatable bonds is 11. The zero-order chi connectivity index (χ0) is 37.4. The third-order valence-corrected chi connectivity index (χ3v) is 9.65. The van der Waals surface area contributed by atoms with Crippen molar-refractivity contribution in [2.75, 3.05) is 55.5 Å². The van der Waals surface area contributed by atoms with Gasteiger partial charge in [-0.05, 0) is 77.9 Å². The van der Waals surface area contributed by atoms with Gasteiger partial charge in [0.15, 0.2) is 5.82 Å². The maximum Gasteiger partial charge on any atom is 0.266 e. The Bertz CT molecular complexity index is 2220. The second-order valence-electron chi connectivity index (χ2n) is 13.0. The fraction of sp³-hybridized carbons (Fsp3) is 0.182. The predicted octanol–water partition coefficient (Wildman–Crippen LogP) is 7.55. The summed E-state index contributed by atoms with van der Waals surface area (Å²) in [7, 11) is 3.08. The molecule has 1 saturated heterocycles. The molecule has 0 saturated carbocycles. The minimum Gasteiger partial charge on any atom is -0.497 e. The predicted molar refractivity (Wildman–Crippen MR) is 211 cm³/mol. The first-order valence-electron chi connectivity index (χ1n) is 17.8. The number of nitrogens with zero attached hydrogens (tertiary/aromatic N) is 5. The molecular weight excluding hydrogens is 677 g/mol. The van der Waals surface area contributed by atoms with Crippen LogP contribution in [0.5, 0.6) is 11.5 Å². The number of carbonyl (C=O) groups excluding carboxylic acids is 2. The Morgan fingerprint density at radius 1 is 0.741 bits per heavy atom. The van der Waals surface area contributed by atoms with E-state index in [-0.39, 0.29) is 22.5 Å². The summed E-state index contributed by atoms with van der Waals surface area (Å²) < 4.78 is 10.6. The number of fused-ring (bicyclic) bond motifs is 1. The summed E-state index contributed by atoms with van der Waals surface area (Å²) in [5.41, 5.74) is 4.84. The number of nitriles is 1. The van der Waals surface area contributed by atoms with E-state index in [1.165, 1.54) is 19.8 Å². The van der Waals surface area contributed by atoms with Gasteiger partial charge in [0.05, 0.1) is 25.4 Å². The molecule has 2 heterocycles. The van der Waals surface area contributed by atoms with Crippen LogP contribution >= 0.6 is 0 Å². The van der Waals surface area contributed by atoms with E-state index in [1.54, 1.807) is 48.5 Å². The number of methoxy groups -OCH3 is 2. The smallest absolute Gasteiger partial charge is 0.266 e. The van der Waals surface area contributed by atoms with Crippen LogP contribution in [0.3, 0.4) is 0 Å². The number of benzene rings is 5. The van der Waals surface area contributed by atoms with Gasteiger partial charge >= 0.3 is 0 Å². The van der Waals surface area contributed by atoms with E-state index in [1.807, 2.05) is 54.6 Å². The van der Waals surface area contributed by atoms with Gasteiger partial charge in [-0.3, -0.25) is 14.5 Å². The first-order valence-corrected chi connectivity index (χ1v) is 17.8. The van der Waals surface area contributed by atoms with Gasteiger partial charge in [0.25, 0.3) is 11.8 Å². The average Bonchev–Trinajstić information content (AvgIpc) is 3.23. The van der Waals surface area contributed by atoms with Gasteiger partial charge in [-0.15, -0.1) is 0 Å². The maximum absolute atomic E-state index is 14.4. The Labute approximate surface area is 314 Å². The van der Waals surface area contributed by atoms with Crippen molar-refractivity contribution in [2.45, 2.75) is 13.1 Å². The van der Waals surface area contributed by atoms with Gasteiger partial charge in [-0.1, -0.05) is 60.7 Å². The molecule has 0 spiro atoms. The number of piperazine rings is 1. The van der Waals surface area contributed by atoms with Gasteiger partial charge in [-0.2, -0.15) is 5.26 Å². The number of pyridine rings is 1. The largest absolute Gasteiger partial charge is 0.497 e. The summed E-state index contributed by atoms with van der Waals surface area (Å²) >= 11 is 0. The highest BCUT2D eigenvalue weighted by molar-refractivity contribution is 6.26. The second-order valence-corrected chi connectivity index (χ2v) is 13.0. The minimum absolute atomic E-state index is 0.0653. The molecule has 1 fully saturated rings. The monoisotopic (exact) mass is 716 g/mol. The van der Waals surface area contributed by atoms with Crippen molar-refractivity contribution in [3.8, 4) is 17.6 Å². The first kappa shape index (κ1) is 35.7. The summed E-state index contributed by atoms with van der Waals surface area (Å²) in [6.07, 6.45) is 0. The molecule has 0 aliphatic carbocycles. The van der Waals surface area contributed by atoms with Crippen LogP contribution in [0.4, 0.5) is 17.2 Å². The Morgan fingerprint density at radius 3 is 1.83 bits per heavy atom. The molecule has 1 N–H and O–H groups in total. The van der Waals surface area contributed by atoms with Crippen LogP contribution in [-0.4, -0.2) is 62.1 Å². The molecular formula is C44H40N6O4. The zero-order valence-corrected chi connectivity index (χ0v) is 30.2. The van der Waals surface area contributed by atoms with E-state index < -0.39 is 11.8 Å². The van der Waals surface area contributed by atoms with E-state index in [0.717, 1.165) is 48.9 Å². The Balaban J connectivity index is 1.31. The number of anilines is 3. The number of nitrogens with one attached hydrogen (secondary N) is 1. The Morgan fingerprint density at radius 2 is 1.30 bits per heavy atom. The Hall–Kier alpha value is -6.70. The number of carbonyl (C=O) groups is 2. The lowest BCUT2D eigenvalue weighted by Crippen LogP contribution is -2.45. The molecule has 0 atom stereocenters. The van der Waals surface area contributed by atoms with Gasteiger partial charge in [0.1, 0.15) is 23.1 Å². The van der Waals surface area contributed by atoms with E-state index in [4.69, 9.17) is 14.5 Å². The lowest BCUT2D eigenvalue weighted by molar-refractivity contribution is 0.0896. The van der Waals surface area contributed by atoms with Crippen LogP contribution in [0.2, 0.25) is 0 Å². The van der Waals surface area contributed by atoms with Crippen LogP contribution in [0.1, 0.15) is 37.4 Å². The molecule has 54 heavy (non-hydrogen) atoms. The van der Waals surface area contributed by atoms with Crippen molar-refractivity contribution in [3.05, 3.63) is 155 Å². The van der Waals surface area contributed by atoms with Crippen LogP contribution in [-0.2, 0) is 13.1 Å². The molecule has 1 aliphatic rings. The van der Waals surface area contributed by atoms with Crippen molar-refractivity contribution < 1.29 is 19.1 Å². The summed E-state index contributed by atoms with van der Waals surface area (Å²) in [5, 5.41) is 15.1. The molecule has 5 aromatic carbocycles. The molecule has 7 rings (SSSR count). The van der Waals surface area contributed by atoms with Gasteiger partial charge < -0.3 is 19.7 Å². The number of aromatic nitrogens is 1. The molecule has 6 aromatic rings. The molecule has 0 bridgehead atoms. The fourth-order valence-electron chi connectivity index (χ4n) is 6.69. The van der Waals surface area contributed by atoms with Crippen molar-refractivity contribution in [1.29, 1.82) is 5.26 Å². The average molecular weight is 717 g/mol. The normalized spacial score (nSPS) is 12.9. The van der Waals surface area contributed by atoms with Crippen molar-refractivity contribution in [2.24, 2.45) is 0 Å². The number of ether oxygens (including phenoxy) is 2. The number of amides is 2. The summed E-state index contributed by atoms with van der Waals surface area (Å²) in [6.45, 7) is 4.78. The highest BCUT2D eigenvalue weighted by Crippen LogP contribution is 2.37. The third kappa shape index (κ3) is 7.72. The van der Waals surface area contributed by atoms with Gasteiger partial charge in [-0.25, -0.2) is 9.88 Å². The quantitative estimate of drug-likeness (QED) is 0.136. The molecule has 1 aliphatic heterocycles. The molecule has 2 amide bonds. The topological polar surface area (TPSA) is 111 Å². The maximum atomic E-state index is 14.4. The molecule has 270 valence electrons. The minimum atomic E-state index is -0.638. The first-order chi connectivity index (χ1) is 26.4. The lowest BCUT2D eigenvalue weighted by atomic mass is 10.0. The SMILES string of the molecule is COc1ccc(C(=O)N(C(=O)c2ccc(OC)cc2)c2nc3ccc(N4CCN(Cc5ccccc5)CC4)cc3c(NCc3ccccc3)c2C#N)cc1. The summed E-state index contributed by atoms with van der Waals surface area (Å²) in [4.78, 5) is 39.6. The lowest BCUT2D eigenvalue weighted by Gasteiger charge is -2.36. The molecule has 10 nitrogen and oxygen atoms in total. The summed E-state index contributed by atoms with van der Waals surface area (Å²) in [6, 6.07) is 41.6. The zero-order valence-electron chi connectivity index (χ0n) is 30.2. The molecule has 0 unspecified atom stereocenters. The van der Waals surface area contributed by atoms with E-state index in [9.17, 15) is 14.9 Å². The number of imide groups is 1. The third-order valence-electron chi connectivity index (χ3n) is 9.65. The van der Waals surface area contributed by atoms with Crippen molar-refractivity contribution >= 4 is 39.9 Å². The summed E-state index contributed by atoms with van der Waals surface area (Å²) in [5.74, 6) is -0.227. The van der Waals surface area contributed by atoms with Crippen LogP contribution < -0.4 is 24.6 Å². The Kier molecular flexibility index (Phi) is 10.8. The number of hydrogen-bond acceptors (Lipinski definition) is 9. The van der Waals surface area contributed by atoms with E-state index >= 15 is 0 Å². The highest BCUT2D eigenvalue weighted by atomic mass is 16.5. The molecule has 0 radical (unpaired) electrons. The highest BCUT2D eigenvalue weighted by Gasteiger charge is 2.32. The standard InChI is InChI=1S/C44H40N6O4/c1-53-36-18-13-33(14-19-36)43(51)50(44(52)34-15-20-37(54-2)21-16-34)42-39(28-45)41(46-29-31-9-5-3-6-10-31)38-27-35(17-22-40(38)47-42)49-25-23-48(24-26-49)30-32-11-7-4-8-12-32/h3-22,27H,23-26,29-30H2,1-2H3,(H,46,47). The van der Waals surface area contributed by atoms with Crippen LogP contribution in [0, 0.1) is 11.3 Å². The van der Waals surface area contributed by atoms with Gasteiger partial charge in [0, 0.05) is 61.5 Å². The van der Waals surface area contributed by atoms with Crippen LogP contribution in [0.25, 0.3) is 10.9 Å². The van der Waals surface area contributed by atoms with Crippen LogP contribution in [0.15, 0.2) is 127 Å². The van der Waals surface area contributed by atoms with E-state index in [2.05, 4.69) is 45.5 Å². The number of hydrogen-bond donors (Lipinski definition) is 1. The fourth-order valence-corrected chi connectivity index (χ4v) is 6.69. The molecule has 1 aromatic heterocycles. The second kappa shape index (κ2) is 16.3.